The standard InChI is InChI=1S/C51H32OS/c1-51(2)42-25-30(19-22-33(42)40-27-41-45(28-43(40)51)52-44-24-21-29-11-3-4-12-32(29)50(41)44)48-36-14-5-7-16-38(36)49(39-17-8-6-15-37(39)48)31-20-23-35-34-13-9-10-18-46(34)53-47(35)26-31/h3-28H,1-2H3. The van der Waals surface area contributed by atoms with Crippen molar-refractivity contribution in [2.24, 2.45) is 0 Å². The van der Waals surface area contributed by atoms with Gasteiger partial charge in [-0.2, -0.15) is 0 Å². The molecule has 0 bridgehead atoms. The van der Waals surface area contributed by atoms with Crippen molar-refractivity contribution in [2.45, 2.75) is 19.3 Å². The summed E-state index contributed by atoms with van der Waals surface area (Å²) in [4.78, 5) is 0. The normalized spacial score (nSPS) is 13.6. The maximum Gasteiger partial charge on any atom is 0.136 e. The smallest absolute Gasteiger partial charge is 0.136 e. The van der Waals surface area contributed by atoms with E-state index < -0.39 is 0 Å². The van der Waals surface area contributed by atoms with Gasteiger partial charge in [0.25, 0.3) is 0 Å². The van der Waals surface area contributed by atoms with Crippen LogP contribution in [0.2, 0.25) is 0 Å². The van der Waals surface area contributed by atoms with Crippen molar-refractivity contribution >= 4 is 85.8 Å². The molecule has 0 amide bonds. The summed E-state index contributed by atoms with van der Waals surface area (Å²) in [5.41, 5.74) is 12.1. The largest absolute Gasteiger partial charge is 0.456 e. The van der Waals surface area contributed by atoms with Gasteiger partial charge in [-0.3, -0.25) is 0 Å². The van der Waals surface area contributed by atoms with Crippen LogP contribution in [-0.2, 0) is 5.41 Å². The second-order valence-corrected chi connectivity index (χ2v) is 16.3. The summed E-state index contributed by atoms with van der Waals surface area (Å²) in [5.74, 6) is 0. The highest BCUT2D eigenvalue weighted by Gasteiger charge is 2.37. The van der Waals surface area contributed by atoms with Gasteiger partial charge in [0.1, 0.15) is 11.2 Å². The molecule has 2 aromatic heterocycles. The lowest BCUT2D eigenvalue weighted by molar-refractivity contribution is 0.647. The summed E-state index contributed by atoms with van der Waals surface area (Å²) in [6, 6.07) is 58.6. The molecule has 0 aliphatic heterocycles. The van der Waals surface area contributed by atoms with E-state index in [2.05, 4.69) is 172 Å². The van der Waals surface area contributed by atoms with Crippen LogP contribution < -0.4 is 0 Å². The number of hydrogen-bond donors (Lipinski definition) is 0. The summed E-state index contributed by atoms with van der Waals surface area (Å²) in [6.45, 7) is 4.74. The summed E-state index contributed by atoms with van der Waals surface area (Å²) in [7, 11) is 0. The van der Waals surface area contributed by atoms with Crippen LogP contribution in [0.4, 0.5) is 0 Å². The van der Waals surface area contributed by atoms with Crippen molar-refractivity contribution in [2.75, 3.05) is 0 Å². The molecule has 1 aliphatic carbocycles. The van der Waals surface area contributed by atoms with Crippen LogP contribution in [0, 0.1) is 0 Å². The van der Waals surface area contributed by atoms with Crippen LogP contribution in [0.5, 0.6) is 0 Å². The Hall–Kier alpha value is -6.22. The zero-order valence-electron chi connectivity index (χ0n) is 29.3. The molecule has 12 rings (SSSR count). The van der Waals surface area contributed by atoms with Crippen LogP contribution in [-0.4, -0.2) is 0 Å². The van der Waals surface area contributed by atoms with Gasteiger partial charge in [-0.25, -0.2) is 0 Å². The minimum Gasteiger partial charge on any atom is -0.456 e. The molecule has 1 aliphatic rings. The second kappa shape index (κ2) is 10.4. The lowest BCUT2D eigenvalue weighted by atomic mass is 9.80. The first kappa shape index (κ1) is 29.4. The number of fused-ring (bicyclic) bond motifs is 13. The fourth-order valence-electron chi connectivity index (χ4n) is 9.56. The molecule has 0 atom stereocenters. The molecule has 11 aromatic rings. The van der Waals surface area contributed by atoms with E-state index in [9.17, 15) is 0 Å². The molecule has 2 heterocycles. The molecular weight excluding hydrogens is 661 g/mol. The van der Waals surface area contributed by atoms with Crippen molar-refractivity contribution in [3.05, 3.63) is 169 Å². The zero-order valence-corrected chi connectivity index (χ0v) is 30.1. The highest BCUT2D eigenvalue weighted by atomic mass is 32.1. The Bertz CT molecular complexity index is 3320. The highest BCUT2D eigenvalue weighted by molar-refractivity contribution is 7.25. The predicted molar refractivity (Wildman–Crippen MR) is 228 cm³/mol. The van der Waals surface area contributed by atoms with Gasteiger partial charge >= 0.3 is 0 Å². The predicted octanol–water partition coefficient (Wildman–Crippen LogP) is 15.1. The lowest BCUT2D eigenvalue weighted by Crippen LogP contribution is -2.15. The first-order valence-electron chi connectivity index (χ1n) is 18.4. The Balaban J connectivity index is 1.08. The van der Waals surface area contributed by atoms with E-state index in [1.165, 1.54) is 108 Å². The quantitative estimate of drug-likeness (QED) is 0.164. The second-order valence-electron chi connectivity index (χ2n) is 15.2. The number of benzene rings is 9. The van der Waals surface area contributed by atoms with E-state index in [0.717, 1.165) is 11.2 Å². The van der Waals surface area contributed by atoms with Gasteiger partial charge in [-0.1, -0.05) is 135 Å². The molecular formula is C51H32OS. The van der Waals surface area contributed by atoms with Crippen LogP contribution in [0.15, 0.2) is 162 Å². The monoisotopic (exact) mass is 692 g/mol. The van der Waals surface area contributed by atoms with Gasteiger partial charge < -0.3 is 4.42 Å². The van der Waals surface area contributed by atoms with Crippen LogP contribution in [0.25, 0.3) is 108 Å². The molecule has 53 heavy (non-hydrogen) atoms. The van der Waals surface area contributed by atoms with Gasteiger partial charge in [0, 0.05) is 36.4 Å². The third-order valence-corrected chi connectivity index (χ3v) is 13.2. The fourth-order valence-corrected chi connectivity index (χ4v) is 10.7. The van der Waals surface area contributed by atoms with Crippen molar-refractivity contribution in [1.29, 1.82) is 0 Å². The molecule has 0 fully saturated rings. The maximum atomic E-state index is 6.55. The molecule has 0 radical (unpaired) electrons. The molecule has 0 saturated carbocycles. The Labute approximate surface area is 310 Å². The van der Waals surface area contributed by atoms with Crippen molar-refractivity contribution in [1.82, 2.24) is 0 Å². The molecule has 248 valence electrons. The highest BCUT2D eigenvalue weighted by Crippen LogP contribution is 2.53. The first-order valence-corrected chi connectivity index (χ1v) is 19.2. The van der Waals surface area contributed by atoms with E-state index in [1.54, 1.807) is 0 Å². The Morgan fingerprint density at radius 2 is 1.00 bits per heavy atom. The number of thiophene rings is 1. The topological polar surface area (TPSA) is 13.1 Å². The van der Waals surface area contributed by atoms with Crippen molar-refractivity contribution < 1.29 is 4.42 Å². The number of hydrogen-bond acceptors (Lipinski definition) is 2. The molecule has 1 nitrogen and oxygen atoms in total. The van der Waals surface area contributed by atoms with Gasteiger partial charge in [0.05, 0.1) is 0 Å². The van der Waals surface area contributed by atoms with E-state index in [1.807, 2.05) is 11.3 Å². The van der Waals surface area contributed by atoms with Gasteiger partial charge in [0.15, 0.2) is 0 Å². The average molecular weight is 693 g/mol. The number of rotatable bonds is 2. The summed E-state index contributed by atoms with van der Waals surface area (Å²) in [5, 5.41) is 12.6. The summed E-state index contributed by atoms with van der Waals surface area (Å²) < 4.78 is 9.22. The minimum atomic E-state index is -0.193. The molecule has 0 N–H and O–H groups in total. The van der Waals surface area contributed by atoms with Crippen LogP contribution in [0.3, 0.4) is 0 Å². The zero-order chi connectivity index (χ0) is 35.0. The van der Waals surface area contributed by atoms with Gasteiger partial charge in [-0.15, -0.1) is 11.3 Å². The van der Waals surface area contributed by atoms with E-state index in [-0.39, 0.29) is 5.41 Å². The van der Waals surface area contributed by atoms with Gasteiger partial charge in [-0.05, 0) is 113 Å². The Morgan fingerprint density at radius 1 is 0.415 bits per heavy atom. The summed E-state index contributed by atoms with van der Waals surface area (Å²) >= 11 is 1.88. The molecule has 9 aromatic carbocycles. The van der Waals surface area contributed by atoms with E-state index in [0.29, 0.717) is 0 Å². The molecule has 2 heteroatoms. The summed E-state index contributed by atoms with van der Waals surface area (Å²) in [6.07, 6.45) is 0. The third kappa shape index (κ3) is 3.96. The van der Waals surface area contributed by atoms with E-state index >= 15 is 0 Å². The number of furan rings is 1. The first-order chi connectivity index (χ1) is 26.0. The van der Waals surface area contributed by atoms with Crippen LogP contribution >= 0.6 is 11.3 Å². The molecule has 0 unspecified atom stereocenters. The lowest BCUT2D eigenvalue weighted by Gasteiger charge is -2.23. The third-order valence-electron chi connectivity index (χ3n) is 12.0. The van der Waals surface area contributed by atoms with Crippen molar-refractivity contribution in [3.8, 4) is 33.4 Å². The minimum absolute atomic E-state index is 0.193. The maximum absolute atomic E-state index is 6.55. The fraction of sp³-hybridized carbons (Fsp3) is 0.0588. The van der Waals surface area contributed by atoms with Crippen LogP contribution in [0.1, 0.15) is 25.0 Å². The molecule has 0 spiro atoms. The molecule has 0 saturated heterocycles. The average Bonchev–Trinajstić information content (AvgIpc) is 3.83. The van der Waals surface area contributed by atoms with Gasteiger partial charge in [0.2, 0.25) is 0 Å². The SMILES string of the molecule is CC1(C)c2cc(-c3c4ccccc4c(-c4ccc5c(c4)sc4ccccc45)c4ccccc34)ccc2-c2cc3c(cc21)oc1ccc2ccccc2c13. The Kier molecular flexibility index (Phi) is 5.78. The van der Waals surface area contributed by atoms with E-state index in [4.69, 9.17) is 4.42 Å². The Morgan fingerprint density at radius 3 is 1.74 bits per heavy atom. The van der Waals surface area contributed by atoms with Crippen molar-refractivity contribution in [3.63, 3.8) is 0 Å².